The van der Waals surface area contributed by atoms with Crippen LogP contribution in [0, 0.1) is 19.8 Å². The number of carbonyl (C=O) groups is 1. The molecule has 2 aromatic carbocycles. The van der Waals surface area contributed by atoms with Crippen molar-refractivity contribution in [2.45, 2.75) is 39.8 Å². The summed E-state index contributed by atoms with van der Waals surface area (Å²) in [6, 6.07) is 14.7. The minimum absolute atomic E-state index is 0.217. The number of nitrogens with zero attached hydrogens (tertiary/aromatic N) is 4. The highest BCUT2D eigenvalue weighted by atomic mass is 16.2. The molecular formula is C25H28N4O. The Bertz CT molecular complexity index is 1210. The summed E-state index contributed by atoms with van der Waals surface area (Å²) in [5.74, 6) is 0.800. The molecule has 0 atom stereocenters. The predicted octanol–water partition coefficient (Wildman–Crippen LogP) is 4.55. The number of amides is 1. The molecule has 5 nitrogen and oxygen atoms in total. The van der Waals surface area contributed by atoms with Crippen molar-refractivity contribution in [1.82, 2.24) is 19.0 Å². The maximum absolute atomic E-state index is 12.9. The number of piperidine rings is 1. The van der Waals surface area contributed by atoms with Gasteiger partial charge in [0, 0.05) is 31.3 Å². The molecule has 3 heterocycles. The molecule has 154 valence electrons. The van der Waals surface area contributed by atoms with Gasteiger partial charge in [0.1, 0.15) is 6.54 Å². The van der Waals surface area contributed by atoms with E-state index in [0.717, 1.165) is 43.5 Å². The Hall–Kier alpha value is -3.08. The van der Waals surface area contributed by atoms with Gasteiger partial charge in [-0.3, -0.25) is 4.79 Å². The second kappa shape index (κ2) is 7.63. The molecule has 0 bridgehead atoms. The topological polar surface area (TPSA) is 43.1 Å². The molecule has 1 saturated heterocycles. The van der Waals surface area contributed by atoms with E-state index in [1.165, 1.54) is 22.0 Å². The standard InChI is InChI=1S/C25H28N4O/c1-18-13-22-24(14-19(18)2)29(17-26-22)15-20-7-10-27(11-8-20)25(30)16-28-12-9-21-5-3-4-6-23(21)28/h3-6,9,12-14,17,20H,7-8,10-11,15-16H2,1-2H3. The summed E-state index contributed by atoms with van der Waals surface area (Å²) in [6.45, 7) is 7.37. The quantitative estimate of drug-likeness (QED) is 0.504. The van der Waals surface area contributed by atoms with Gasteiger partial charge in [0.15, 0.2) is 0 Å². The van der Waals surface area contributed by atoms with E-state index in [0.29, 0.717) is 12.5 Å². The first-order valence-corrected chi connectivity index (χ1v) is 10.8. The molecule has 4 aromatic rings. The fraction of sp³-hybridized carbons (Fsp3) is 0.360. The zero-order valence-electron chi connectivity index (χ0n) is 17.7. The maximum Gasteiger partial charge on any atom is 0.242 e. The highest BCUT2D eigenvalue weighted by Crippen LogP contribution is 2.24. The largest absolute Gasteiger partial charge is 0.341 e. The summed E-state index contributed by atoms with van der Waals surface area (Å²) in [6.07, 6.45) is 6.08. The van der Waals surface area contributed by atoms with Crippen molar-refractivity contribution in [1.29, 1.82) is 0 Å². The Kier molecular flexibility index (Phi) is 4.81. The van der Waals surface area contributed by atoms with E-state index in [2.05, 4.69) is 58.3 Å². The van der Waals surface area contributed by atoms with Crippen molar-refractivity contribution in [2.75, 3.05) is 13.1 Å². The van der Waals surface area contributed by atoms with Crippen LogP contribution in [0.1, 0.15) is 24.0 Å². The average molecular weight is 401 g/mol. The Balaban J connectivity index is 1.21. The van der Waals surface area contributed by atoms with Crippen LogP contribution < -0.4 is 0 Å². The molecule has 30 heavy (non-hydrogen) atoms. The molecule has 5 rings (SSSR count). The number of carbonyl (C=O) groups excluding carboxylic acids is 1. The van der Waals surface area contributed by atoms with E-state index in [1.807, 2.05) is 29.6 Å². The lowest BCUT2D eigenvalue weighted by Crippen LogP contribution is -2.40. The van der Waals surface area contributed by atoms with Gasteiger partial charge >= 0.3 is 0 Å². The molecule has 2 aromatic heterocycles. The van der Waals surface area contributed by atoms with Gasteiger partial charge in [0.2, 0.25) is 5.91 Å². The smallest absolute Gasteiger partial charge is 0.242 e. The lowest BCUT2D eigenvalue weighted by Gasteiger charge is -2.32. The lowest BCUT2D eigenvalue weighted by molar-refractivity contribution is -0.133. The van der Waals surface area contributed by atoms with Crippen molar-refractivity contribution in [3.05, 3.63) is 66.1 Å². The van der Waals surface area contributed by atoms with Gasteiger partial charge in [0.25, 0.3) is 0 Å². The van der Waals surface area contributed by atoms with Crippen LogP contribution in [0.25, 0.3) is 21.9 Å². The van der Waals surface area contributed by atoms with E-state index in [1.54, 1.807) is 0 Å². The Labute approximate surface area is 176 Å². The Morgan fingerprint density at radius 3 is 2.60 bits per heavy atom. The first-order chi connectivity index (χ1) is 14.6. The molecule has 0 unspecified atom stereocenters. The molecule has 1 amide bonds. The van der Waals surface area contributed by atoms with Crippen LogP contribution in [-0.2, 0) is 17.9 Å². The van der Waals surface area contributed by atoms with Crippen molar-refractivity contribution < 1.29 is 4.79 Å². The van der Waals surface area contributed by atoms with Crippen molar-refractivity contribution in [3.63, 3.8) is 0 Å². The lowest BCUT2D eigenvalue weighted by atomic mass is 9.96. The summed E-state index contributed by atoms with van der Waals surface area (Å²) in [5.41, 5.74) is 6.01. The number of hydrogen-bond donors (Lipinski definition) is 0. The van der Waals surface area contributed by atoms with Crippen LogP contribution in [0.15, 0.2) is 55.0 Å². The van der Waals surface area contributed by atoms with Crippen LogP contribution in [0.5, 0.6) is 0 Å². The van der Waals surface area contributed by atoms with Gasteiger partial charge in [-0.05, 0) is 73.4 Å². The fourth-order valence-electron chi connectivity index (χ4n) is 4.63. The molecule has 1 fully saturated rings. The fourth-order valence-corrected chi connectivity index (χ4v) is 4.63. The Morgan fingerprint density at radius 1 is 1.00 bits per heavy atom. The minimum Gasteiger partial charge on any atom is -0.341 e. The SMILES string of the molecule is Cc1cc2ncn(CC3CCN(C(=O)Cn4ccc5ccccc54)CC3)c2cc1C. The first kappa shape index (κ1) is 18.9. The summed E-state index contributed by atoms with van der Waals surface area (Å²) in [5, 5.41) is 1.18. The van der Waals surface area contributed by atoms with Gasteiger partial charge in [0.05, 0.1) is 17.4 Å². The number of fused-ring (bicyclic) bond motifs is 2. The van der Waals surface area contributed by atoms with Crippen LogP contribution in [0.4, 0.5) is 0 Å². The number of benzene rings is 2. The van der Waals surface area contributed by atoms with Gasteiger partial charge < -0.3 is 14.0 Å². The number of likely N-dealkylation sites (tertiary alicyclic amines) is 1. The van der Waals surface area contributed by atoms with E-state index in [-0.39, 0.29) is 5.91 Å². The van der Waals surface area contributed by atoms with Crippen molar-refractivity contribution >= 4 is 27.8 Å². The third-order valence-corrected chi connectivity index (χ3v) is 6.64. The summed E-state index contributed by atoms with van der Waals surface area (Å²) >= 11 is 0. The number of hydrogen-bond acceptors (Lipinski definition) is 2. The predicted molar refractivity (Wildman–Crippen MR) is 120 cm³/mol. The van der Waals surface area contributed by atoms with Crippen LogP contribution >= 0.6 is 0 Å². The van der Waals surface area contributed by atoms with Gasteiger partial charge in [-0.2, -0.15) is 0 Å². The number of aryl methyl sites for hydroxylation is 2. The zero-order chi connectivity index (χ0) is 20.7. The number of para-hydroxylation sites is 1. The second-order valence-electron chi connectivity index (χ2n) is 8.65. The van der Waals surface area contributed by atoms with Gasteiger partial charge in [-0.1, -0.05) is 18.2 Å². The normalized spacial score (nSPS) is 15.3. The molecule has 0 saturated carbocycles. The van der Waals surface area contributed by atoms with Crippen LogP contribution in [0.2, 0.25) is 0 Å². The van der Waals surface area contributed by atoms with E-state index in [9.17, 15) is 4.79 Å². The molecule has 1 aliphatic heterocycles. The summed E-state index contributed by atoms with van der Waals surface area (Å²) in [4.78, 5) is 19.5. The maximum atomic E-state index is 12.9. The summed E-state index contributed by atoms with van der Waals surface area (Å²) < 4.78 is 4.35. The first-order valence-electron chi connectivity index (χ1n) is 10.8. The zero-order valence-corrected chi connectivity index (χ0v) is 17.7. The highest BCUT2D eigenvalue weighted by molar-refractivity contribution is 5.83. The third kappa shape index (κ3) is 3.49. The van der Waals surface area contributed by atoms with E-state index >= 15 is 0 Å². The molecule has 5 heteroatoms. The number of imidazole rings is 1. The van der Waals surface area contributed by atoms with Crippen molar-refractivity contribution in [2.24, 2.45) is 5.92 Å². The van der Waals surface area contributed by atoms with Crippen LogP contribution in [0.3, 0.4) is 0 Å². The number of aromatic nitrogens is 3. The van der Waals surface area contributed by atoms with Gasteiger partial charge in [-0.15, -0.1) is 0 Å². The number of rotatable bonds is 4. The molecule has 0 N–H and O–H groups in total. The molecule has 1 aliphatic rings. The minimum atomic E-state index is 0.217. The molecule has 0 aliphatic carbocycles. The van der Waals surface area contributed by atoms with E-state index < -0.39 is 0 Å². The van der Waals surface area contributed by atoms with E-state index in [4.69, 9.17) is 0 Å². The summed E-state index contributed by atoms with van der Waals surface area (Å²) in [7, 11) is 0. The average Bonchev–Trinajstić information content (AvgIpc) is 3.33. The van der Waals surface area contributed by atoms with Gasteiger partial charge in [-0.25, -0.2) is 4.98 Å². The molecular weight excluding hydrogens is 372 g/mol. The second-order valence-corrected chi connectivity index (χ2v) is 8.65. The Morgan fingerprint density at radius 2 is 1.77 bits per heavy atom. The molecule has 0 radical (unpaired) electrons. The highest BCUT2D eigenvalue weighted by Gasteiger charge is 2.24. The van der Waals surface area contributed by atoms with Crippen molar-refractivity contribution in [3.8, 4) is 0 Å². The third-order valence-electron chi connectivity index (χ3n) is 6.64. The molecule has 0 spiro atoms. The monoisotopic (exact) mass is 400 g/mol. The van der Waals surface area contributed by atoms with Crippen LogP contribution in [-0.4, -0.2) is 38.0 Å².